The molecule has 0 saturated heterocycles. The summed E-state index contributed by atoms with van der Waals surface area (Å²) in [6.45, 7) is 0.780. The lowest BCUT2D eigenvalue weighted by atomic mass is 10.2. The van der Waals surface area contributed by atoms with Crippen molar-refractivity contribution in [3.05, 3.63) is 40.8 Å². The summed E-state index contributed by atoms with van der Waals surface area (Å²) >= 11 is 1.67. The normalized spacial score (nSPS) is 10.1. The van der Waals surface area contributed by atoms with E-state index in [1.54, 1.807) is 11.3 Å². The Kier molecular flexibility index (Phi) is 3.41. The summed E-state index contributed by atoms with van der Waals surface area (Å²) < 4.78 is 0. The van der Waals surface area contributed by atoms with Crippen molar-refractivity contribution < 1.29 is 0 Å². The Morgan fingerprint density at radius 3 is 2.81 bits per heavy atom. The maximum absolute atomic E-state index is 4.25. The molecule has 1 aromatic heterocycles. The number of benzene rings is 1. The number of thiazole rings is 1. The molecule has 0 unspecified atom stereocenters. The maximum Gasteiger partial charge on any atom is 0.112 e. The fraction of sp³-hybridized carbons (Fsp3) is 0.250. The first-order valence-electron chi connectivity index (χ1n) is 5.16. The maximum atomic E-state index is 4.25. The largest absolute Gasteiger partial charge is 0.377 e. The highest BCUT2D eigenvalue weighted by Crippen LogP contribution is 2.24. The van der Waals surface area contributed by atoms with Crippen molar-refractivity contribution in [3.8, 4) is 0 Å². The molecule has 2 aromatic rings. The summed E-state index contributed by atoms with van der Waals surface area (Å²) in [7, 11) is 4.09. The van der Waals surface area contributed by atoms with E-state index >= 15 is 0 Å². The zero-order chi connectivity index (χ0) is 11.4. The molecule has 0 amide bonds. The van der Waals surface area contributed by atoms with Crippen LogP contribution < -0.4 is 10.2 Å². The van der Waals surface area contributed by atoms with Crippen LogP contribution in [0, 0.1) is 0 Å². The van der Waals surface area contributed by atoms with Crippen LogP contribution in [-0.2, 0) is 6.54 Å². The Morgan fingerprint density at radius 2 is 2.12 bits per heavy atom. The molecule has 0 spiro atoms. The van der Waals surface area contributed by atoms with Gasteiger partial charge in [0, 0.05) is 25.7 Å². The molecule has 1 heterocycles. The van der Waals surface area contributed by atoms with Crippen LogP contribution in [0.25, 0.3) is 0 Å². The first kappa shape index (κ1) is 11.0. The second-order valence-corrected chi connectivity index (χ2v) is 4.67. The molecule has 0 fully saturated rings. The minimum absolute atomic E-state index is 0.780. The second-order valence-electron chi connectivity index (χ2n) is 3.69. The second kappa shape index (κ2) is 4.99. The van der Waals surface area contributed by atoms with Crippen LogP contribution in [-0.4, -0.2) is 19.1 Å². The molecule has 0 atom stereocenters. The molecule has 0 aliphatic heterocycles. The van der Waals surface area contributed by atoms with Crippen LogP contribution in [0.2, 0.25) is 0 Å². The number of nitrogens with zero attached hydrogens (tertiary/aromatic N) is 2. The summed E-state index contributed by atoms with van der Waals surface area (Å²) in [5, 5.41) is 6.50. The number of hydrogen-bond donors (Lipinski definition) is 1. The van der Waals surface area contributed by atoms with Gasteiger partial charge < -0.3 is 10.2 Å². The van der Waals surface area contributed by atoms with Crippen molar-refractivity contribution in [1.82, 2.24) is 4.98 Å². The van der Waals surface area contributed by atoms with E-state index in [2.05, 4.69) is 27.3 Å². The third-order valence-corrected chi connectivity index (χ3v) is 3.08. The van der Waals surface area contributed by atoms with Gasteiger partial charge in [0.15, 0.2) is 0 Å². The smallest absolute Gasteiger partial charge is 0.112 e. The summed E-state index contributed by atoms with van der Waals surface area (Å²) in [6, 6.07) is 8.27. The van der Waals surface area contributed by atoms with Crippen LogP contribution in [0.1, 0.15) is 5.01 Å². The van der Waals surface area contributed by atoms with E-state index in [1.165, 1.54) is 5.69 Å². The van der Waals surface area contributed by atoms with Crippen LogP contribution >= 0.6 is 11.3 Å². The molecule has 0 radical (unpaired) electrons. The Balaban J connectivity index is 2.09. The molecule has 3 nitrogen and oxygen atoms in total. The molecular weight excluding hydrogens is 218 g/mol. The van der Waals surface area contributed by atoms with E-state index in [9.17, 15) is 0 Å². The zero-order valence-corrected chi connectivity index (χ0v) is 10.3. The molecule has 1 N–H and O–H groups in total. The highest BCUT2D eigenvalue weighted by atomic mass is 32.1. The van der Waals surface area contributed by atoms with E-state index < -0.39 is 0 Å². The average molecular weight is 233 g/mol. The number of hydrogen-bond acceptors (Lipinski definition) is 4. The fourth-order valence-electron chi connectivity index (χ4n) is 1.52. The monoisotopic (exact) mass is 233 g/mol. The minimum Gasteiger partial charge on any atom is -0.377 e. The lowest BCUT2D eigenvalue weighted by Crippen LogP contribution is -2.11. The number of anilines is 2. The third-order valence-electron chi connectivity index (χ3n) is 2.30. The number of nitrogens with one attached hydrogen (secondary N) is 1. The fourth-order valence-corrected chi connectivity index (χ4v) is 2.08. The standard InChI is InChI=1S/C12H15N3S/c1-15(2)11-6-4-3-5-10(11)14-9-12-13-7-8-16-12/h3-8,14H,9H2,1-2H3. The zero-order valence-electron chi connectivity index (χ0n) is 9.47. The van der Waals surface area contributed by atoms with Gasteiger partial charge in [0.2, 0.25) is 0 Å². The SMILES string of the molecule is CN(C)c1ccccc1NCc1nccs1. The average Bonchev–Trinajstić information content (AvgIpc) is 2.79. The van der Waals surface area contributed by atoms with E-state index in [1.807, 2.05) is 37.8 Å². The molecule has 0 bridgehead atoms. The highest BCUT2D eigenvalue weighted by Gasteiger charge is 2.03. The van der Waals surface area contributed by atoms with Gasteiger partial charge in [0.25, 0.3) is 0 Å². The molecule has 1 aromatic carbocycles. The Morgan fingerprint density at radius 1 is 1.31 bits per heavy atom. The summed E-state index contributed by atoms with van der Waals surface area (Å²) in [5.74, 6) is 0. The van der Waals surface area contributed by atoms with Crippen molar-refractivity contribution in [2.24, 2.45) is 0 Å². The lowest BCUT2D eigenvalue weighted by Gasteiger charge is -2.17. The van der Waals surface area contributed by atoms with Gasteiger partial charge in [-0.3, -0.25) is 0 Å². The summed E-state index contributed by atoms with van der Waals surface area (Å²) in [5.41, 5.74) is 2.33. The van der Waals surface area contributed by atoms with Crippen molar-refractivity contribution in [2.45, 2.75) is 6.54 Å². The Labute approximate surface area is 99.8 Å². The lowest BCUT2D eigenvalue weighted by molar-refractivity contribution is 1.08. The topological polar surface area (TPSA) is 28.2 Å². The molecule has 16 heavy (non-hydrogen) atoms. The summed E-state index contributed by atoms with van der Waals surface area (Å²) in [4.78, 5) is 6.35. The van der Waals surface area contributed by atoms with Crippen LogP contribution in [0.15, 0.2) is 35.8 Å². The molecule has 2 rings (SSSR count). The van der Waals surface area contributed by atoms with Crippen molar-refractivity contribution in [2.75, 3.05) is 24.3 Å². The van der Waals surface area contributed by atoms with E-state index in [0.29, 0.717) is 0 Å². The predicted octanol–water partition coefficient (Wildman–Crippen LogP) is 2.82. The first-order valence-corrected chi connectivity index (χ1v) is 6.04. The minimum atomic E-state index is 0.780. The quantitative estimate of drug-likeness (QED) is 0.880. The van der Waals surface area contributed by atoms with Gasteiger partial charge in [-0.15, -0.1) is 11.3 Å². The van der Waals surface area contributed by atoms with Gasteiger partial charge in [0.1, 0.15) is 5.01 Å². The number of rotatable bonds is 4. The summed E-state index contributed by atoms with van der Waals surface area (Å²) in [6.07, 6.45) is 1.83. The van der Waals surface area contributed by atoms with Crippen molar-refractivity contribution in [1.29, 1.82) is 0 Å². The van der Waals surface area contributed by atoms with Gasteiger partial charge in [-0.1, -0.05) is 12.1 Å². The van der Waals surface area contributed by atoms with Crippen LogP contribution in [0.5, 0.6) is 0 Å². The Bertz CT molecular complexity index is 437. The van der Waals surface area contributed by atoms with Gasteiger partial charge in [0.05, 0.1) is 17.9 Å². The van der Waals surface area contributed by atoms with E-state index in [0.717, 1.165) is 17.2 Å². The van der Waals surface area contributed by atoms with Gasteiger partial charge in [-0.25, -0.2) is 4.98 Å². The molecule has 84 valence electrons. The molecule has 0 aliphatic carbocycles. The van der Waals surface area contributed by atoms with Crippen molar-refractivity contribution in [3.63, 3.8) is 0 Å². The van der Waals surface area contributed by atoms with Crippen LogP contribution in [0.4, 0.5) is 11.4 Å². The molecule has 0 aliphatic rings. The molecular formula is C12H15N3S. The van der Waals surface area contributed by atoms with Gasteiger partial charge in [-0.2, -0.15) is 0 Å². The first-order chi connectivity index (χ1) is 7.77. The predicted molar refractivity (Wildman–Crippen MR) is 70.2 cm³/mol. The van der Waals surface area contributed by atoms with Gasteiger partial charge >= 0.3 is 0 Å². The van der Waals surface area contributed by atoms with Gasteiger partial charge in [-0.05, 0) is 12.1 Å². The number of para-hydroxylation sites is 2. The third kappa shape index (κ3) is 2.52. The Hall–Kier alpha value is -1.55. The van der Waals surface area contributed by atoms with Crippen LogP contribution in [0.3, 0.4) is 0 Å². The molecule has 0 saturated carbocycles. The molecule has 4 heteroatoms. The van der Waals surface area contributed by atoms with E-state index in [-0.39, 0.29) is 0 Å². The highest BCUT2D eigenvalue weighted by molar-refractivity contribution is 7.09. The number of aromatic nitrogens is 1. The van der Waals surface area contributed by atoms with E-state index in [4.69, 9.17) is 0 Å². The van der Waals surface area contributed by atoms with Crippen molar-refractivity contribution >= 4 is 22.7 Å².